The second-order valence-corrected chi connectivity index (χ2v) is 7.15. The molecule has 0 bridgehead atoms. The number of rotatable bonds is 4. The van der Waals surface area contributed by atoms with Crippen LogP contribution in [0, 0.1) is 6.92 Å². The highest BCUT2D eigenvalue weighted by atomic mass is 35.5. The molecule has 4 rings (SSSR count). The molecule has 0 saturated carbocycles. The molecular formula is C20H19ClN4O2. The smallest absolute Gasteiger partial charge is 0.273 e. The van der Waals surface area contributed by atoms with Crippen molar-refractivity contribution < 1.29 is 9.59 Å². The van der Waals surface area contributed by atoms with Gasteiger partial charge in [0.25, 0.3) is 5.91 Å². The van der Waals surface area contributed by atoms with E-state index in [0.717, 1.165) is 29.7 Å². The monoisotopic (exact) mass is 382 g/mol. The summed E-state index contributed by atoms with van der Waals surface area (Å²) in [4.78, 5) is 28.1. The van der Waals surface area contributed by atoms with Gasteiger partial charge in [0.15, 0.2) is 5.78 Å². The fourth-order valence-corrected chi connectivity index (χ4v) is 3.63. The van der Waals surface area contributed by atoms with Gasteiger partial charge >= 0.3 is 0 Å². The Hall–Kier alpha value is -2.86. The molecule has 2 aromatic heterocycles. The van der Waals surface area contributed by atoms with Crippen molar-refractivity contribution in [3.05, 3.63) is 69.6 Å². The molecule has 27 heavy (non-hydrogen) atoms. The maximum absolute atomic E-state index is 12.8. The van der Waals surface area contributed by atoms with Gasteiger partial charge in [-0.05, 0) is 43.0 Å². The third-order valence-corrected chi connectivity index (χ3v) is 5.12. The molecule has 6 nitrogen and oxygen atoms in total. The molecule has 138 valence electrons. The number of ketones is 1. The average Bonchev–Trinajstić information content (AvgIpc) is 3.22. The number of anilines is 1. The van der Waals surface area contributed by atoms with E-state index >= 15 is 0 Å². The standard InChI is InChI=1S/C20H19ClN4O2/c1-12-18-15(3-2-4-16(18)26)23-19(12)20(27)24-17-9-10-22-25(17)11-13-5-7-14(21)8-6-13/h5-10,23H,2-4,11H2,1H3,(H,24,27). The van der Waals surface area contributed by atoms with Crippen LogP contribution in [0.1, 0.15) is 50.5 Å². The van der Waals surface area contributed by atoms with Crippen molar-refractivity contribution in [1.82, 2.24) is 14.8 Å². The number of H-pyrrole nitrogens is 1. The SMILES string of the molecule is Cc1c(C(=O)Nc2ccnn2Cc2ccc(Cl)cc2)[nH]c2c1C(=O)CCC2. The van der Waals surface area contributed by atoms with E-state index in [4.69, 9.17) is 11.6 Å². The summed E-state index contributed by atoms with van der Waals surface area (Å²) in [5, 5.41) is 7.86. The molecule has 0 saturated heterocycles. The number of benzene rings is 1. The number of hydrogen-bond donors (Lipinski definition) is 2. The molecule has 0 atom stereocenters. The number of hydrogen-bond acceptors (Lipinski definition) is 3. The fraction of sp³-hybridized carbons (Fsp3) is 0.250. The van der Waals surface area contributed by atoms with Crippen molar-refractivity contribution in [3.63, 3.8) is 0 Å². The number of Topliss-reactive ketones (excluding diaryl/α,β-unsaturated/α-hetero) is 1. The maximum atomic E-state index is 12.8. The summed E-state index contributed by atoms with van der Waals surface area (Å²) in [7, 11) is 0. The van der Waals surface area contributed by atoms with E-state index in [-0.39, 0.29) is 11.7 Å². The van der Waals surface area contributed by atoms with Gasteiger partial charge < -0.3 is 10.3 Å². The highest BCUT2D eigenvalue weighted by Crippen LogP contribution is 2.27. The van der Waals surface area contributed by atoms with Crippen LogP contribution in [0.5, 0.6) is 0 Å². The number of nitrogens with zero attached hydrogens (tertiary/aromatic N) is 2. The maximum Gasteiger partial charge on any atom is 0.273 e. The highest BCUT2D eigenvalue weighted by Gasteiger charge is 2.26. The van der Waals surface area contributed by atoms with Crippen LogP contribution in [0.3, 0.4) is 0 Å². The molecule has 1 aromatic carbocycles. The number of aryl methyl sites for hydroxylation is 1. The quantitative estimate of drug-likeness (QED) is 0.715. The predicted molar refractivity (Wildman–Crippen MR) is 104 cm³/mol. The Kier molecular flexibility index (Phi) is 4.58. The molecular weight excluding hydrogens is 364 g/mol. The summed E-state index contributed by atoms with van der Waals surface area (Å²) in [6, 6.07) is 9.23. The Labute approximate surface area is 161 Å². The molecule has 0 radical (unpaired) electrons. The zero-order valence-corrected chi connectivity index (χ0v) is 15.6. The van der Waals surface area contributed by atoms with E-state index in [1.54, 1.807) is 16.9 Å². The number of nitrogens with one attached hydrogen (secondary N) is 2. The van der Waals surface area contributed by atoms with E-state index in [1.807, 2.05) is 31.2 Å². The largest absolute Gasteiger partial charge is 0.354 e. The number of aromatic nitrogens is 3. The van der Waals surface area contributed by atoms with Crippen molar-refractivity contribution in [3.8, 4) is 0 Å². The van der Waals surface area contributed by atoms with Crippen LogP contribution in [0.25, 0.3) is 0 Å². The molecule has 3 aromatic rings. The zero-order chi connectivity index (χ0) is 19.0. The molecule has 1 amide bonds. The molecule has 2 heterocycles. The minimum Gasteiger partial charge on any atom is -0.354 e. The Balaban J connectivity index is 1.55. The van der Waals surface area contributed by atoms with E-state index in [0.29, 0.717) is 35.1 Å². The topological polar surface area (TPSA) is 79.8 Å². The predicted octanol–water partition coefficient (Wildman–Crippen LogP) is 3.99. The van der Waals surface area contributed by atoms with E-state index in [9.17, 15) is 9.59 Å². The van der Waals surface area contributed by atoms with Crippen LogP contribution in [0.4, 0.5) is 5.82 Å². The van der Waals surface area contributed by atoms with Gasteiger partial charge in [-0.25, -0.2) is 4.68 Å². The first-order valence-electron chi connectivity index (χ1n) is 8.85. The number of amides is 1. The summed E-state index contributed by atoms with van der Waals surface area (Å²) in [6.07, 6.45) is 3.80. The minimum atomic E-state index is -0.271. The lowest BCUT2D eigenvalue weighted by atomic mass is 9.94. The number of aromatic amines is 1. The Morgan fingerprint density at radius 2 is 2.04 bits per heavy atom. The van der Waals surface area contributed by atoms with Crippen molar-refractivity contribution in [2.24, 2.45) is 0 Å². The molecule has 0 fully saturated rings. The molecule has 0 aliphatic heterocycles. The van der Waals surface area contributed by atoms with Crippen LogP contribution in [0.15, 0.2) is 36.5 Å². The van der Waals surface area contributed by atoms with E-state index in [2.05, 4.69) is 15.4 Å². The van der Waals surface area contributed by atoms with Gasteiger partial charge in [0.05, 0.1) is 12.7 Å². The van der Waals surface area contributed by atoms with Crippen LogP contribution in [-0.4, -0.2) is 26.5 Å². The fourth-order valence-electron chi connectivity index (χ4n) is 3.51. The van der Waals surface area contributed by atoms with Crippen LogP contribution >= 0.6 is 11.6 Å². The number of carbonyl (C=O) groups excluding carboxylic acids is 2. The van der Waals surface area contributed by atoms with E-state index in [1.165, 1.54) is 0 Å². The summed E-state index contributed by atoms with van der Waals surface area (Å²) >= 11 is 5.92. The van der Waals surface area contributed by atoms with Crippen LogP contribution in [0.2, 0.25) is 5.02 Å². The molecule has 0 unspecified atom stereocenters. The van der Waals surface area contributed by atoms with Crippen molar-refractivity contribution in [2.45, 2.75) is 32.7 Å². The summed E-state index contributed by atoms with van der Waals surface area (Å²) < 4.78 is 1.71. The third-order valence-electron chi connectivity index (χ3n) is 4.87. The second-order valence-electron chi connectivity index (χ2n) is 6.71. The molecule has 0 spiro atoms. The Bertz CT molecular complexity index is 1020. The molecule has 1 aliphatic carbocycles. The van der Waals surface area contributed by atoms with Gasteiger partial charge in [0.2, 0.25) is 0 Å². The summed E-state index contributed by atoms with van der Waals surface area (Å²) in [5.74, 6) is 0.428. The zero-order valence-electron chi connectivity index (χ0n) is 14.9. The lowest BCUT2D eigenvalue weighted by molar-refractivity contribution is 0.0971. The van der Waals surface area contributed by atoms with Gasteiger partial charge in [0, 0.05) is 28.8 Å². The average molecular weight is 383 g/mol. The second kappa shape index (κ2) is 7.04. The summed E-state index contributed by atoms with van der Waals surface area (Å²) in [6.45, 7) is 2.33. The van der Waals surface area contributed by atoms with Crippen molar-refractivity contribution in [2.75, 3.05) is 5.32 Å². The van der Waals surface area contributed by atoms with Gasteiger partial charge in [0.1, 0.15) is 11.5 Å². The molecule has 2 N–H and O–H groups in total. The normalized spacial score (nSPS) is 13.5. The van der Waals surface area contributed by atoms with Crippen molar-refractivity contribution >= 4 is 29.1 Å². The number of carbonyl (C=O) groups is 2. The number of halogens is 1. The van der Waals surface area contributed by atoms with Gasteiger partial charge in [-0.3, -0.25) is 9.59 Å². The van der Waals surface area contributed by atoms with Crippen molar-refractivity contribution in [1.29, 1.82) is 0 Å². The summed E-state index contributed by atoms with van der Waals surface area (Å²) in [5.41, 5.74) is 3.73. The lowest BCUT2D eigenvalue weighted by Gasteiger charge is -2.10. The first kappa shape index (κ1) is 17.5. The number of fused-ring (bicyclic) bond motifs is 1. The Morgan fingerprint density at radius 1 is 1.26 bits per heavy atom. The highest BCUT2D eigenvalue weighted by molar-refractivity contribution is 6.30. The Morgan fingerprint density at radius 3 is 2.78 bits per heavy atom. The van der Waals surface area contributed by atoms with Gasteiger partial charge in [-0.1, -0.05) is 23.7 Å². The molecule has 1 aliphatic rings. The first-order valence-corrected chi connectivity index (χ1v) is 9.23. The van der Waals surface area contributed by atoms with Gasteiger partial charge in [-0.2, -0.15) is 5.10 Å². The van der Waals surface area contributed by atoms with E-state index < -0.39 is 0 Å². The molecule has 7 heteroatoms. The minimum absolute atomic E-state index is 0.108. The van der Waals surface area contributed by atoms with Gasteiger partial charge in [-0.15, -0.1) is 0 Å². The first-order chi connectivity index (χ1) is 13.0. The lowest BCUT2D eigenvalue weighted by Crippen LogP contribution is -2.17. The van der Waals surface area contributed by atoms with Crippen LogP contribution in [-0.2, 0) is 13.0 Å². The van der Waals surface area contributed by atoms with Crippen LogP contribution < -0.4 is 5.32 Å². The third kappa shape index (κ3) is 3.40.